The molecule has 31 heavy (non-hydrogen) atoms. The number of amides is 1. The zero-order valence-corrected chi connectivity index (χ0v) is 18.7. The lowest BCUT2D eigenvalue weighted by Gasteiger charge is -2.35. The minimum absolute atomic E-state index is 0.116. The Bertz CT molecular complexity index is 1000. The number of carbonyl (C=O) groups is 1. The second-order valence-corrected chi connectivity index (χ2v) is 10.2. The first-order valence-electron chi connectivity index (χ1n) is 10.8. The Morgan fingerprint density at radius 1 is 0.935 bits per heavy atom. The predicted octanol–water partition coefficient (Wildman–Crippen LogP) is 2.48. The molecular formula is C23H30N4O3S. The number of carbonyl (C=O) groups excluding carboxylic acids is 1. The van der Waals surface area contributed by atoms with Crippen molar-refractivity contribution < 1.29 is 13.2 Å². The lowest BCUT2D eigenvalue weighted by atomic mass is 9.98. The molecule has 1 atom stereocenters. The molecule has 2 aromatic carbocycles. The molecule has 2 saturated heterocycles. The summed E-state index contributed by atoms with van der Waals surface area (Å²) in [6.45, 7) is 4.44. The highest BCUT2D eigenvalue weighted by Gasteiger charge is 2.33. The Labute approximate surface area is 184 Å². The van der Waals surface area contributed by atoms with Crippen LogP contribution in [0.15, 0.2) is 59.5 Å². The second kappa shape index (κ2) is 9.38. The first-order chi connectivity index (χ1) is 14.9. The number of nitrogens with one attached hydrogen (secondary N) is 1. The van der Waals surface area contributed by atoms with Crippen molar-refractivity contribution in [1.29, 1.82) is 0 Å². The van der Waals surface area contributed by atoms with Gasteiger partial charge in [-0.25, -0.2) is 8.42 Å². The summed E-state index contributed by atoms with van der Waals surface area (Å²) >= 11 is 0. The molecule has 166 valence electrons. The number of hydrogen-bond donors (Lipinski definition) is 1. The average Bonchev–Trinajstić information content (AvgIpc) is 2.81. The molecule has 1 N–H and O–H groups in total. The molecule has 7 nitrogen and oxygen atoms in total. The van der Waals surface area contributed by atoms with Gasteiger partial charge in [-0.2, -0.15) is 4.31 Å². The molecule has 0 saturated carbocycles. The Hall–Kier alpha value is -2.42. The molecule has 0 spiro atoms. The van der Waals surface area contributed by atoms with Gasteiger partial charge in [-0.1, -0.05) is 30.3 Å². The van der Waals surface area contributed by atoms with E-state index in [1.807, 2.05) is 24.3 Å². The fourth-order valence-electron chi connectivity index (χ4n) is 4.25. The van der Waals surface area contributed by atoms with E-state index in [4.69, 9.17) is 0 Å². The molecule has 0 bridgehead atoms. The molecule has 2 aliphatic rings. The fourth-order valence-corrected chi connectivity index (χ4v) is 5.80. The van der Waals surface area contributed by atoms with E-state index in [9.17, 15) is 13.2 Å². The maximum absolute atomic E-state index is 13.1. The lowest BCUT2D eigenvalue weighted by Crippen LogP contribution is -2.45. The van der Waals surface area contributed by atoms with E-state index in [0.29, 0.717) is 19.4 Å². The van der Waals surface area contributed by atoms with Crippen LogP contribution in [0.4, 0.5) is 11.4 Å². The van der Waals surface area contributed by atoms with Crippen LogP contribution in [-0.2, 0) is 14.8 Å². The topological polar surface area (TPSA) is 73.0 Å². The largest absolute Gasteiger partial charge is 0.367 e. The van der Waals surface area contributed by atoms with Crippen molar-refractivity contribution in [3.05, 3.63) is 54.6 Å². The first kappa shape index (κ1) is 21.8. The molecule has 1 unspecified atom stereocenters. The fraction of sp³-hybridized carbons (Fsp3) is 0.435. The summed E-state index contributed by atoms with van der Waals surface area (Å²) in [4.78, 5) is 18.0. The summed E-state index contributed by atoms with van der Waals surface area (Å²) in [5, 5.41) is 3.08. The molecule has 8 heteroatoms. The van der Waals surface area contributed by atoms with Gasteiger partial charge in [0.15, 0.2) is 0 Å². The monoisotopic (exact) mass is 442 g/mol. The van der Waals surface area contributed by atoms with Crippen LogP contribution < -0.4 is 10.2 Å². The first-order valence-corrected chi connectivity index (χ1v) is 12.3. The number of nitrogens with zero attached hydrogens (tertiary/aromatic N) is 3. The van der Waals surface area contributed by atoms with E-state index in [1.54, 1.807) is 30.3 Å². The van der Waals surface area contributed by atoms with E-state index in [1.165, 1.54) is 4.31 Å². The third-order valence-electron chi connectivity index (χ3n) is 6.14. The molecule has 0 radical (unpaired) electrons. The molecule has 4 rings (SSSR count). The number of benzene rings is 2. The smallest absolute Gasteiger partial charge is 0.243 e. The van der Waals surface area contributed by atoms with Crippen molar-refractivity contribution in [3.8, 4) is 0 Å². The van der Waals surface area contributed by atoms with Crippen molar-refractivity contribution in [2.45, 2.75) is 17.7 Å². The summed E-state index contributed by atoms with van der Waals surface area (Å²) in [5.74, 6) is -0.484. The Morgan fingerprint density at radius 2 is 1.61 bits per heavy atom. The van der Waals surface area contributed by atoms with E-state index in [2.05, 4.69) is 22.2 Å². The summed E-state index contributed by atoms with van der Waals surface area (Å²) in [6, 6.07) is 16.3. The third-order valence-corrected chi connectivity index (χ3v) is 8.02. The lowest BCUT2D eigenvalue weighted by molar-refractivity contribution is -0.120. The van der Waals surface area contributed by atoms with Gasteiger partial charge in [-0.05, 0) is 44.2 Å². The van der Waals surface area contributed by atoms with Crippen molar-refractivity contribution >= 4 is 27.3 Å². The number of piperidine rings is 1. The molecule has 1 amide bonds. The zero-order valence-electron chi connectivity index (χ0n) is 17.9. The SMILES string of the molecule is CN1CCN(c2ccccc2NC(=O)C2CCCN(S(=O)(=O)c3ccccc3)C2)CC1. The molecule has 0 aromatic heterocycles. The van der Waals surface area contributed by atoms with Gasteiger partial charge in [0.05, 0.1) is 22.2 Å². The van der Waals surface area contributed by atoms with Gasteiger partial charge in [-0.15, -0.1) is 0 Å². The van der Waals surface area contributed by atoms with Crippen LogP contribution in [-0.4, -0.2) is 69.8 Å². The summed E-state index contributed by atoms with van der Waals surface area (Å²) in [5.41, 5.74) is 1.81. The average molecular weight is 443 g/mol. The Kier molecular flexibility index (Phi) is 6.60. The van der Waals surface area contributed by atoms with E-state index in [0.717, 1.165) is 37.6 Å². The van der Waals surface area contributed by atoms with Crippen LogP contribution in [0, 0.1) is 5.92 Å². The highest BCUT2D eigenvalue weighted by molar-refractivity contribution is 7.89. The highest BCUT2D eigenvalue weighted by atomic mass is 32.2. The van der Waals surface area contributed by atoms with Crippen LogP contribution in [0.25, 0.3) is 0 Å². The minimum atomic E-state index is -3.59. The number of rotatable bonds is 5. The Balaban J connectivity index is 1.46. The summed E-state index contributed by atoms with van der Waals surface area (Å²) in [6.07, 6.45) is 1.35. The predicted molar refractivity (Wildman–Crippen MR) is 123 cm³/mol. The quantitative estimate of drug-likeness (QED) is 0.770. The van der Waals surface area contributed by atoms with E-state index in [-0.39, 0.29) is 23.3 Å². The molecule has 2 aliphatic heterocycles. The van der Waals surface area contributed by atoms with Gasteiger partial charge < -0.3 is 15.1 Å². The number of anilines is 2. The van der Waals surface area contributed by atoms with Crippen LogP contribution in [0.3, 0.4) is 0 Å². The minimum Gasteiger partial charge on any atom is -0.367 e. The van der Waals surface area contributed by atoms with Crippen LogP contribution in [0.5, 0.6) is 0 Å². The highest BCUT2D eigenvalue weighted by Crippen LogP contribution is 2.29. The number of piperazine rings is 1. The normalized spacial score (nSPS) is 21.1. The van der Waals surface area contributed by atoms with Gasteiger partial charge in [-0.3, -0.25) is 4.79 Å². The number of para-hydroxylation sites is 2. The number of hydrogen-bond acceptors (Lipinski definition) is 5. The van der Waals surface area contributed by atoms with Gasteiger partial charge >= 0.3 is 0 Å². The van der Waals surface area contributed by atoms with Gasteiger partial charge in [0.2, 0.25) is 15.9 Å². The van der Waals surface area contributed by atoms with Crippen molar-refractivity contribution in [2.75, 3.05) is 56.5 Å². The van der Waals surface area contributed by atoms with Crippen molar-refractivity contribution in [2.24, 2.45) is 5.92 Å². The van der Waals surface area contributed by atoms with Crippen molar-refractivity contribution in [1.82, 2.24) is 9.21 Å². The molecular weight excluding hydrogens is 412 g/mol. The van der Waals surface area contributed by atoms with Crippen molar-refractivity contribution in [3.63, 3.8) is 0 Å². The van der Waals surface area contributed by atoms with Crippen LogP contribution in [0.2, 0.25) is 0 Å². The molecule has 2 heterocycles. The van der Waals surface area contributed by atoms with Gasteiger partial charge in [0, 0.05) is 39.3 Å². The maximum atomic E-state index is 13.1. The zero-order chi connectivity index (χ0) is 21.8. The second-order valence-electron chi connectivity index (χ2n) is 8.31. The number of likely N-dealkylation sites (N-methyl/N-ethyl adjacent to an activating group) is 1. The molecule has 2 fully saturated rings. The Morgan fingerprint density at radius 3 is 2.35 bits per heavy atom. The van der Waals surface area contributed by atoms with Crippen LogP contribution >= 0.6 is 0 Å². The van der Waals surface area contributed by atoms with E-state index >= 15 is 0 Å². The third kappa shape index (κ3) is 4.92. The van der Waals surface area contributed by atoms with Gasteiger partial charge in [0.25, 0.3) is 0 Å². The number of sulfonamides is 1. The molecule has 2 aromatic rings. The summed E-state index contributed by atoms with van der Waals surface area (Å²) < 4.78 is 27.4. The van der Waals surface area contributed by atoms with E-state index < -0.39 is 10.0 Å². The standard InChI is InChI=1S/C23H30N4O3S/c1-25-14-16-26(17-15-25)22-12-6-5-11-21(22)24-23(28)19-8-7-13-27(18-19)31(29,30)20-9-3-2-4-10-20/h2-6,9-12,19H,7-8,13-18H2,1H3,(H,24,28). The van der Waals surface area contributed by atoms with Crippen LogP contribution in [0.1, 0.15) is 12.8 Å². The molecule has 0 aliphatic carbocycles. The van der Waals surface area contributed by atoms with Gasteiger partial charge in [0.1, 0.15) is 0 Å². The summed E-state index contributed by atoms with van der Waals surface area (Å²) in [7, 11) is -1.48. The maximum Gasteiger partial charge on any atom is 0.243 e.